The van der Waals surface area contributed by atoms with Crippen LogP contribution in [0.3, 0.4) is 0 Å². The number of carbonyl (C=O) groups is 7. The number of rotatable bonds is 47. The Hall–Kier alpha value is -6.72. The monoisotopic (exact) mass is 1800 g/mol. The van der Waals surface area contributed by atoms with Gasteiger partial charge in [0.2, 0.25) is 17.7 Å². The standard InChI is InChI=1S/C76H118N8O39S/c1-33(92)43(24-86)114-70(42(95)23-85)122-67-57(100)45(26-88)116-74(63(67)106)120-65-47(28-90)118-71(54(59(65)102)81-34(2)93)110-17-7-13-77-51(97)30-112-39-10-6-9-36(20-39)37-19-38(69(108)80-16-15-79-50(96)12-5-4-11-49-53-41(32-124-49)83-76(109)84-53)22-40(21-37)113-31-52(98)78-14-8-18-111-72-55(82-35(3)94)60(103)66(48(29-91)119-72)121-75-64(107)68(58(101)46(27-89)117-75)123-73-62(105)61(104)56(99)44(25-87)115-73/h6,9-10,19-22,33,41-49,53-68,70-75,85-92,95,99-107H,4-5,7-8,11-18,23-32H2,1-3H3,(H,77,97)(H,78,98)(H,79,96)(H,80,108)(H,81,93)(H,82,94)(H2,83,84,109)/t33-,41+,42+,43?,44?,45?,46?,47?,48?,49+,53+,54?,55?,56?,57?,58?,59?,60?,61?,62?,63?,64?,65?,66?,67?,68?,70?,71?,72?,73?,74?,75?/m1/s1. The molecule has 7 fully saturated rings. The molecule has 7 aliphatic heterocycles. The van der Waals surface area contributed by atoms with Crippen molar-refractivity contribution in [2.24, 2.45) is 0 Å². The van der Waals surface area contributed by atoms with Crippen LogP contribution in [0.15, 0.2) is 42.5 Å². The molecule has 2 aromatic carbocycles. The molecule has 702 valence electrons. The van der Waals surface area contributed by atoms with Crippen LogP contribution in [-0.2, 0) is 80.8 Å². The lowest BCUT2D eigenvalue weighted by Gasteiger charge is -2.48. The molecule has 9 rings (SSSR count). The molecular weight excluding hydrogens is 1680 g/mol. The van der Waals surface area contributed by atoms with Crippen molar-refractivity contribution < 1.29 is 192 Å². The van der Waals surface area contributed by atoms with Gasteiger partial charge in [0.1, 0.15) is 146 Å². The summed E-state index contributed by atoms with van der Waals surface area (Å²) in [4.78, 5) is 90.4. The summed E-state index contributed by atoms with van der Waals surface area (Å²) in [5.41, 5.74) is 0.887. The maximum atomic E-state index is 13.9. The minimum absolute atomic E-state index is 0.00858. The first kappa shape index (κ1) is 101. The molecule has 7 heterocycles. The van der Waals surface area contributed by atoms with E-state index in [1.165, 1.54) is 25.1 Å². The molecule has 47 nitrogen and oxygen atoms in total. The molecule has 0 saturated carbocycles. The Morgan fingerprint density at radius 1 is 0.508 bits per heavy atom. The topological polar surface area (TPSA) is 709 Å². The van der Waals surface area contributed by atoms with Crippen LogP contribution in [0, 0.1) is 0 Å². The summed E-state index contributed by atoms with van der Waals surface area (Å²) in [6, 6.07) is 7.89. The molecule has 0 bridgehead atoms. The van der Waals surface area contributed by atoms with Crippen LogP contribution in [0.25, 0.3) is 11.1 Å². The van der Waals surface area contributed by atoms with Crippen molar-refractivity contribution in [1.82, 2.24) is 42.5 Å². The van der Waals surface area contributed by atoms with Crippen LogP contribution < -0.4 is 52.0 Å². The van der Waals surface area contributed by atoms with E-state index in [1.807, 2.05) is 0 Å². The summed E-state index contributed by atoms with van der Waals surface area (Å²) in [5.74, 6) is -2.39. The number of carbonyl (C=O) groups excluding carboxylic acids is 7. The number of unbranched alkanes of at least 4 members (excludes halogenated alkanes) is 1. The first-order chi connectivity index (χ1) is 59.3. The van der Waals surface area contributed by atoms with E-state index in [-0.39, 0.29) is 105 Å². The lowest BCUT2D eigenvalue weighted by molar-refractivity contribution is -0.376. The molecule has 0 aliphatic carbocycles. The molecule has 0 aromatic heterocycles. The Morgan fingerprint density at radius 3 is 1.55 bits per heavy atom. The zero-order valence-corrected chi connectivity index (χ0v) is 68.9. The van der Waals surface area contributed by atoms with Gasteiger partial charge in [-0.1, -0.05) is 18.6 Å². The lowest BCUT2D eigenvalue weighted by atomic mass is 9.95. The maximum absolute atomic E-state index is 13.9. The Bertz CT molecular complexity index is 3690. The number of hydrogen-bond donors (Lipinski definition) is 26. The van der Waals surface area contributed by atoms with Crippen molar-refractivity contribution in [2.75, 3.05) is 105 Å². The number of hydrogen-bond acceptors (Lipinski definition) is 40. The Balaban J connectivity index is 0.773. The number of aliphatic hydroxyl groups is 18. The molecule has 2 aromatic rings. The molecule has 0 radical (unpaired) electrons. The number of benzene rings is 2. The summed E-state index contributed by atoms with van der Waals surface area (Å²) in [6.45, 7) is -4.26. The number of thioether (sulfide) groups is 1. The van der Waals surface area contributed by atoms with Crippen LogP contribution in [0.1, 0.15) is 69.7 Å². The van der Waals surface area contributed by atoms with Gasteiger partial charge in [-0.15, -0.1) is 0 Å². The van der Waals surface area contributed by atoms with Crippen molar-refractivity contribution >= 4 is 53.2 Å². The minimum atomic E-state index is -2.06. The quantitative estimate of drug-likeness (QED) is 0.0166. The maximum Gasteiger partial charge on any atom is 0.315 e. The van der Waals surface area contributed by atoms with E-state index in [1.54, 1.807) is 36.0 Å². The SMILES string of the molecule is CC(=O)NC1C(OCCCNC(=O)COc2cc(C(=O)NCCNC(=O)CCCC[C@@H]3SC[C@@H]4NC(=O)N[C@@H]43)cc(-c3cccc(OCC(=O)NCCCOC4OC(CO)C(OC5OC(CO)C(O)C(OC(OC(CO)[C@@H](C)O)[C@@H](O)CO)C5O)C(O)C4NC(C)=O)c3)c2)OC(CO)C(OC2OC(CO)C(O)C(OC3OC(CO)C(O)C(O)C3O)C2O)C1O. The van der Waals surface area contributed by atoms with Gasteiger partial charge >= 0.3 is 6.03 Å². The second kappa shape index (κ2) is 49.2. The zero-order chi connectivity index (χ0) is 90.2. The molecule has 48 heteroatoms. The van der Waals surface area contributed by atoms with Gasteiger partial charge in [0.15, 0.2) is 51.0 Å². The number of urea groups is 1. The second-order valence-electron chi connectivity index (χ2n) is 30.6. The van der Waals surface area contributed by atoms with E-state index in [0.717, 1.165) is 32.4 Å². The molecular formula is C76H118N8O39S. The van der Waals surface area contributed by atoms with Crippen LogP contribution >= 0.6 is 11.8 Å². The Morgan fingerprint density at radius 2 is 1.01 bits per heavy atom. The second-order valence-corrected chi connectivity index (χ2v) is 31.9. The Kier molecular flexibility index (Phi) is 40.1. The van der Waals surface area contributed by atoms with Gasteiger partial charge < -0.3 is 201 Å². The van der Waals surface area contributed by atoms with E-state index >= 15 is 0 Å². The number of ether oxygens (including phenoxy) is 14. The van der Waals surface area contributed by atoms with Gasteiger partial charge in [0.25, 0.3) is 17.7 Å². The van der Waals surface area contributed by atoms with Gasteiger partial charge in [0, 0.05) is 63.0 Å². The van der Waals surface area contributed by atoms with Gasteiger partial charge in [-0.2, -0.15) is 11.8 Å². The lowest BCUT2D eigenvalue weighted by Crippen LogP contribution is -2.68. The smallest absolute Gasteiger partial charge is 0.315 e. The number of fused-ring (bicyclic) bond motifs is 1. The van der Waals surface area contributed by atoms with Crippen molar-refractivity contribution in [1.29, 1.82) is 0 Å². The third-order valence-corrected chi connectivity index (χ3v) is 22.9. The fourth-order valence-corrected chi connectivity index (χ4v) is 16.3. The van der Waals surface area contributed by atoms with Crippen LogP contribution in [0.2, 0.25) is 0 Å². The van der Waals surface area contributed by atoms with Crippen LogP contribution in [0.4, 0.5) is 4.79 Å². The average Bonchev–Trinajstić information content (AvgIpc) is 0.902. The van der Waals surface area contributed by atoms with E-state index in [4.69, 9.17) is 66.3 Å². The summed E-state index contributed by atoms with van der Waals surface area (Å²) in [6.07, 6.45) is -44.5. The molecule has 26 N–H and O–H groups in total. The average molecular weight is 1800 g/mol. The highest BCUT2D eigenvalue weighted by Crippen LogP contribution is 2.38. The van der Waals surface area contributed by atoms with Gasteiger partial charge in [0.05, 0.1) is 77.6 Å². The first-order valence-corrected chi connectivity index (χ1v) is 41.7. The van der Waals surface area contributed by atoms with Crippen molar-refractivity contribution in [3.8, 4) is 22.6 Å². The van der Waals surface area contributed by atoms with Crippen molar-refractivity contribution in [3.63, 3.8) is 0 Å². The van der Waals surface area contributed by atoms with E-state index in [9.17, 15) is 125 Å². The molecule has 124 heavy (non-hydrogen) atoms. The Labute approximate surface area is 714 Å². The normalized spacial score (nSPS) is 33.9. The molecule has 0 spiro atoms. The summed E-state index contributed by atoms with van der Waals surface area (Å²) in [5, 5.41) is 213. The fourth-order valence-electron chi connectivity index (χ4n) is 14.8. The van der Waals surface area contributed by atoms with Crippen molar-refractivity contribution in [2.45, 2.75) is 255 Å². The highest BCUT2D eigenvalue weighted by Gasteiger charge is 2.57. The predicted octanol–water partition coefficient (Wildman–Crippen LogP) is -11.4. The largest absolute Gasteiger partial charge is 0.484 e. The summed E-state index contributed by atoms with van der Waals surface area (Å²) >= 11 is 1.78. The van der Waals surface area contributed by atoms with Crippen LogP contribution in [-0.4, -0.2) is 433 Å². The summed E-state index contributed by atoms with van der Waals surface area (Å²) in [7, 11) is 0. The highest BCUT2D eigenvalue weighted by molar-refractivity contribution is 8.00. The number of amides is 8. The van der Waals surface area contributed by atoms with Gasteiger partial charge in [-0.05, 0) is 74.1 Å². The predicted molar refractivity (Wildman–Crippen MR) is 417 cm³/mol. The number of aliphatic hydroxyl groups excluding tert-OH is 18. The molecule has 7 aliphatic rings. The first-order valence-electron chi connectivity index (χ1n) is 40.7. The van der Waals surface area contributed by atoms with E-state index in [2.05, 4.69) is 42.5 Å². The van der Waals surface area contributed by atoms with Gasteiger partial charge in [-0.25, -0.2) is 4.79 Å². The molecule has 27 unspecified atom stereocenters. The third kappa shape index (κ3) is 27.4. The molecule has 7 saturated heterocycles. The van der Waals surface area contributed by atoms with Crippen LogP contribution in [0.5, 0.6) is 11.5 Å². The van der Waals surface area contributed by atoms with E-state index < -0.39 is 267 Å². The summed E-state index contributed by atoms with van der Waals surface area (Å²) < 4.78 is 80.9. The third-order valence-electron chi connectivity index (χ3n) is 21.4. The van der Waals surface area contributed by atoms with E-state index in [0.29, 0.717) is 17.5 Å². The van der Waals surface area contributed by atoms with Gasteiger partial charge in [-0.3, -0.25) is 28.8 Å². The zero-order valence-electron chi connectivity index (χ0n) is 68.1. The number of nitrogens with one attached hydrogen (secondary N) is 8. The molecule has 32 atom stereocenters. The van der Waals surface area contributed by atoms with Crippen molar-refractivity contribution in [3.05, 3.63) is 48.0 Å². The fraction of sp³-hybridized carbons (Fsp3) is 0.750. The molecule has 8 amide bonds. The minimum Gasteiger partial charge on any atom is -0.484 e. The highest BCUT2D eigenvalue weighted by atomic mass is 32.2.